The highest BCUT2D eigenvalue weighted by atomic mass is 32.2. The molecule has 20 heteroatoms. The third-order valence-corrected chi connectivity index (χ3v) is 9.16. The number of nitrogens with zero attached hydrogens (tertiary/aromatic N) is 5. The fourth-order valence-electron chi connectivity index (χ4n) is 5.51. The average Bonchev–Trinajstić information content (AvgIpc) is 3.71. The first-order valence-corrected chi connectivity index (χ1v) is 16.9. The number of nitro groups is 2. The van der Waals surface area contributed by atoms with E-state index in [4.69, 9.17) is 9.47 Å². The Hall–Kier alpha value is -5.63. The minimum atomic E-state index is -1.16. The standard InChI is InChI=1S/C32H38N8O11S/c1-19(28(42)34-23-12-13-38(15-23)29(43)27-14-26(16-37(27)3)52-20(2)41)33-30(35-31(44)50-17-21-4-8-24(9-5-21)39(46)47)36-32(45)51-18-22-6-10-25(11-7-22)40(48)49/h4-11,19,23,26-27H,12-18H2,1-3H3,(H,34,42)(H2,33,35,36,44,45)/t19-,23+,26+,27+/m1/s1. The van der Waals surface area contributed by atoms with Crippen LogP contribution in [0.5, 0.6) is 0 Å². The van der Waals surface area contributed by atoms with E-state index in [0.29, 0.717) is 37.1 Å². The molecule has 2 aromatic carbocycles. The summed E-state index contributed by atoms with van der Waals surface area (Å²) in [6.45, 7) is 3.64. The summed E-state index contributed by atoms with van der Waals surface area (Å²) in [4.78, 5) is 91.7. The summed E-state index contributed by atoms with van der Waals surface area (Å²) < 4.78 is 10.3. The lowest BCUT2D eigenvalue weighted by molar-refractivity contribution is -0.385. The number of likely N-dealkylation sites (N-methyl/N-ethyl adjacent to an activating group) is 1. The molecule has 3 N–H and O–H groups in total. The van der Waals surface area contributed by atoms with Crippen molar-refractivity contribution in [2.45, 2.75) is 63.3 Å². The van der Waals surface area contributed by atoms with Crippen molar-refractivity contribution in [1.29, 1.82) is 0 Å². The number of thioether (sulfide) groups is 1. The Kier molecular flexibility index (Phi) is 13.6. The molecule has 0 saturated carbocycles. The molecular weight excluding hydrogens is 704 g/mol. The minimum Gasteiger partial charge on any atom is -0.444 e. The van der Waals surface area contributed by atoms with Gasteiger partial charge in [-0.25, -0.2) is 14.6 Å². The summed E-state index contributed by atoms with van der Waals surface area (Å²) in [5, 5.41) is 29.2. The Balaban J connectivity index is 1.36. The second-order valence-electron chi connectivity index (χ2n) is 12.1. The molecule has 2 heterocycles. The van der Waals surface area contributed by atoms with Gasteiger partial charge in [-0.05, 0) is 62.2 Å². The molecule has 4 amide bonds. The first-order valence-electron chi connectivity index (χ1n) is 16.1. The molecule has 0 aliphatic carbocycles. The number of benzene rings is 2. The predicted molar refractivity (Wildman–Crippen MR) is 186 cm³/mol. The van der Waals surface area contributed by atoms with Gasteiger partial charge in [0.05, 0.1) is 15.9 Å². The smallest absolute Gasteiger partial charge is 0.414 e. The SMILES string of the molecule is CC(=O)S[C@H]1C[C@@H](C(=O)N2CC[C@H](NC(=O)[C@@H](C)N=C(NC(=O)OCc3ccc([N+](=O)[O-])cc3)NC(=O)OCc3ccc([N+](=O)[O-])cc3)C2)N(C)C1. The van der Waals surface area contributed by atoms with Gasteiger partial charge < -0.3 is 19.7 Å². The number of guanidine groups is 1. The highest BCUT2D eigenvalue weighted by Crippen LogP contribution is 2.29. The molecule has 19 nitrogen and oxygen atoms in total. The van der Waals surface area contributed by atoms with Gasteiger partial charge in [0.25, 0.3) is 11.4 Å². The molecule has 0 unspecified atom stereocenters. The number of non-ortho nitro benzene ring substituents is 2. The van der Waals surface area contributed by atoms with Crippen molar-refractivity contribution in [3.05, 3.63) is 79.9 Å². The van der Waals surface area contributed by atoms with E-state index in [1.807, 2.05) is 11.9 Å². The summed E-state index contributed by atoms with van der Waals surface area (Å²) >= 11 is 1.23. The maximum absolute atomic E-state index is 13.3. The third kappa shape index (κ3) is 11.5. The van der Waals surface area contributed by atoms with Gasteiger partial charge in [0.15, 0.2) is 5.12 Å². The van der Waals surface area contributed by atoms with Crippen molar-refractivity contribution in [2.75, 3.05) is 26.7 Å². The van der Waals surface area contributed by atoms with Gasteiger partial charge in [0.2, 0.25) is 17.8 Å². The fraction of sp³-hybridized carbons (Fsp3) is 0.438. The topological polar surface area (TPSA) is 245 Å². The molecule has 2 fully saturated rings. The highest BCUT2D eigenvalue weighted by molar-refractivity contribution is 8.14. The van der Waals surface area contributed by atoms with Crippen molar-refractivity contribution in [3.8, 4) is 0 Å². The number of carbonyl (C=O) groups is 5. The quantitative estimate of drug-likeness (QED) is 0.130. The lowest BCUT2D eigenvalue weighted by Gasteiger charge is -2.25. The first kappa shape index (κ1) is 39.2. The number of hydrogen-bond donors (Lipinski definition) is 3. The van der Waals surface area contributed by atoms with Gasteiger partial charge >= 0.3 is 12.2 Å². The highest BCUT2D eigenvalue weighted by Gasteiger charge is 2.39. The van der Waals surface area contributed by atoms with Gasteiger partial charge in [0.1, 0.15) is 19.3 Å². The monoisotopic (exact) mass is 742 g/mol. The van der Waals surface area contributed by atoms with Crippen LogP contribution in [0.4, 0.5) is 21.0 Å². The predicted octanol–water partition coefficient (Wildman–Crippen LogP) is 2.47. The maximum Gasteiger partial charge on any atom is 0.414 e. The Bertz CT molecular complexity index is 1630. The molecule has 2 saturated heterocycles. The van der Waals surface area contributed by atoms with Gasteiger partial charge in [-0.2, -0.15) is 0 Å². The lowest BCUT2D eigenvalue weighted by Crippen LogP contribution is -2.48. The number of alkyl carbamates (subject to hydrolysis) is 2. The second-order valence-corrected chi connectivity index (χ2v) is 13.6. The Morgan fingerprint density at radius 1 is 0.904 bits per heavy atom. The van der Waals surface area contributed by atoms with E-state index >= 15 is 0 Å². The summed E-state index contributed by atoms with van der Waals surface area (Å²) in [6, 6.07) is 8.64. The van der Waals surface area contributed by atoms with Crippen LogP contribution < -0.4 is 16.0 Å². The number of hydrogen-bond acceptors (Lipinski definition) is 14. The summed E-state index contributed by atoms with van der Waals surface area (Å²) in [5.41, 5.74) is 0.563. The van der Waals surface area contributed by atoms with Crippen molar-refractivity contribution in [1.82, 2.24) is 25.8 Å². The molecule has 0 spiro atoms. The van der Waals surface area contributed by atoms with Crippen LogP contribution in [0.3, 0.4) is 0 Å². The Morgan fingerprint density at radius 3 is 1.90 bits per heavy atom. The van der Waals surface area contributed by atoms with E-state index in [9.17, 15) is 44.2 Å². The number of amides is 4. The van der Waals surface area contributed by atoms with Crippen LogP contribution in [-0.2, 0) is 37.1 Å². The van der Waals surface area contributed by atoms with Crippen LogP contribution in [0.25, 0.3) is 0 Å². The zero-order valence-electron chi connectivity index (χ0n) is 28.5. The number of rotatable bonds is 11. The van der Waals surface area contributed by atoms with Crippen LogP contribution in [0.2, 0.25) is 0 Å². The Morgan fingerprint density at radius 2 is 1.42 bits per heavy atom. The largest absolute Gasteiger partial charge is 0.444 e. The Labute approximate surface area is 301 Å². The first-order chi connectivity index (χ1) is 24.7. The summed E-state index contributed by atoms with van der Waals surface area (Å²) in [5.74, 6) is -1.13. The number of nitro benzene ring substituents is 2. The molecular formula is C32H38N8O11S. The van der Waals surface area contributed by atoms with Gasteiger partial charge in [-0.15, -0.1) is 0 Å². The van der Waals surface area contributed by atoms with Crippen molar-refractivity contribution in [2.24, 2.45) is 4.99 Å². The molecule has 2 aliphatic rings. The number of likely N-dealkylation sites (tertiary alicyclic amines) is 2. The fourth-order valence-corrected chi connectivity index (χ4v) is 6.57. The van der Waals surface area contributed by atoms with Crippen LogP contribution in [0.15, 0.2) is 53.5 Å². The molecule has 2 aliphatic heterocycles. The number of aliphatic imine (C=N–C) groups is 1. The van der Waals surface area contributed by atoms with E-state index in [1.54, 1.807) is 4.90 Å². The van der Waals surface area contributed by atoms with Gasteiger partial charge in [-0.3, -0.25) is 50.1 Å². The van der Waals surface area contributed by atoms with E-state index < -0.39 is 39.9 Å². The van der Waals surface area contributed by atoms with Crippen LogP contribution in [0.1, 0.15) is 37.8 Å². The molecule has 4 atom stereocenters. The van der Waals surface area contributed by atoms with Crippen LogP contribution in [0, 0.1) is 20.2 Å². The minimum absolute atomic E-state index is 0.000867. The zero-order valence-corrected chi connectivity index (χ0v) is 29.3. The third-order valence-electron chi connectivity index (χ3n) is 8.15. The molecule has 278 valence electrons. The summed E-state index contributed by atoms with van der Waals surface area (Å²) in [7, 11) is 1.84. The van der Waals surface area contributed by atoms with Crippen molar-refractivity contribution >= 4 is 58.2 Å². The van der Waals surface area contributed by atoms with Crippen molar-refractivity contribution < 1.29 is 43.3 Å². The molecule has 4 rings (SSSR count). The van der Waals surface area contributed by atoms with Gasteiger partial charge in [0, 0.05) is 62.1 Å². The van der Waals surface area contributed by atoms with Crippen LogP contribution >= 0.6 is 11.8 Å². The van der Waals surface area contributed by atoms with Crippen molar-refractivity contribution in [3.63, 3.8) is 0 Å². The number of carbonyl (C=O) groups excluding carboxylic acids is 5. The van der Waals surface area contributed by atoms with E-state index in [-0.39, 0.29) is 59.5 Å². The second kappa shape index (κ2) is 18.0. The van der Waals surface area contributed by atoms with Gasteiger partial charge in [-0.1, -0.05) is 11.8 Å². The van der Waals surface area contributed by atoms with E-state index in [2.05, 4.69) is 20.9 Å². The van der Waals surface area contributed by atoms with Crippen LogP contribution in [-0.4, -0.2) is 105 Å². The molecule has 0 aromatic heterocycles. The molecule has 52 heavy (non-hydrogen) atoms. The average molecular weight is 743 g/mol. The molecule has 0 radical (unpaired) electrons. The number of nitrogens with one attached hydrogen (secondary N) is 3. The summed E-state index contributed by atoms with van der Waals surface area (Å²) in [6.07, 6.45) is -1.12. The molecule has 0 bridgehead atoms. The molecule has 2 aromatic rings. The number of ether oxygens (including phenoxy) is 2. The zero-order chi connectivity index (χ0) is 37.9. The normalized spacial score (nSPS) is 18.8. The lowest BCUT2D eigenvalue weighted by atomic mass is 10.2. The van der Waals surface area contributed by atoms with E-state index in [1.165, 1.54) is 74.1 Å². The maximum atomic E-state index is 13.3. The van der Waals surface area contributed by atoms with E-state index in [0.717, 1.165) is 0 Å².